The second kappa shape index (κ2) is 7.86. The first-order valence-corrected chi connectivity index (χ1v) is 10.9. The van der Waals surface area contributed by atoms with Crippen LogP contribution in [0.3, 0.4) is 0 Å². The highest BCUT2D eigenvalue weighted by molar-refractivity contribution is 7.98. The predicted octanol–water partition coefficient (Wildman–Crippen LogP) is 4.05. The summed E-state index contributed by atoms with van der Waals surface area (Å²) in [7, 11) is 0. The van der Waals surface area contributed by atoms with E-state index in [9.17, 15) is 9.18 Å². The summed E-state index contributed by atoms with van der Waals surface area (Å²) in [5.74, 6) is -0.185. The van der Waals surface area contributed by atoms with E-state index in [4.69, 9.17) is 4.98 Å². The first-order chi connectivity index (χ1) is 13.1. The van der Waals surface area contributed by atoms with Gasteiger partial charge in [0.05, 0.1) is 16.6 Å². The zero-order valence-electron chi connectivity index (χ0n) is 15.0. The van der Waals surface area contributed by atoms with Gasteiger partial charge in [-0.1, -0.05) is 29.5 Å². The third-order valence-corrected chi connectivity index (χ3v) is 6.61. The Bertz CT molecular complexity index is 950. The van der Waals surface area contributed by atoms with Gasteiger partial charge in [0.25, 0.3) is 0 Å². The smallest absolute Gasteiger partial charge is 0.227 e. The van der Waals surface area contributed by atoms with Gasteiger partial charge in [-0.25, -0.2) is 9.37 Å². The maximum atomic E-state index is 13.0. The van der Waals surface area contributed by atoms with E-state index in [0.29, 0.717) is 19.5 Å². The Morgan fingerprint density at radius 2 is 1.89 bits per heavy atom. The Hall–Kier alpha value is -2.12. The molecule has 2 aromatic carbocycles. The number of carbonyl (C=O) groups is 1. The summed E-state index contributed by atoms with van der Waals surface area (Å²) in [4.78, 5) is 22.7. The Kier molecular flexibility index (Phi) is 5.31. The topological polar surface area (TPSA) is 36.4 Å². The average molecular weight is 402 g/mol. The summed E-state index contributed by atoms with van der Waals surface area (Å²) >= 11 is 3.42. The molecular weight excluding hydrogens is 381 g/mol. The van der Waals surface area contributed by atoms with Gasteiger partial charge in [0.2, 0.25) is 5.91 Å². The van der Waals surface area contributed by atoms with E-state index >= 15 is 0 Å². The summed E-state index contributed by atoms with van der Waals surface area (Å²) in [6.07, 6.45) is 2.39. The lowest BCUT2D eigenvalue weighted by Crippen LogP contribution is -2.49. The Morgan fingerprint density at radius 3 is 2.59 bits per heavy atom. The molecule has 4 nitrogen and oxygen atoms in total. The van der Waals surface area contributed by atoms with Crippen LogP contribution < -0.4 is 4.90 Å². The standard InChI is InChI=1S/C20H20FN3OS2/c1-26-16-3-2-4-17-19(16)22-20(27-17)24-11-9-23(10-12-24)18(25)13-14-5-7-15(21)8-6-14/h2-8H,9-13H2,1H3. The number of piperazine rings is 1. The van der Waals surface area contributed by atoms with Gasteiger partial charge in [0.15, 0.2) is 5.13 Å². The lowest BCUT2D eigenvalue weighted by molar-refractivity contribution is -0.130. The SMILES string of the molecule is CSc1cccc2sc(N3CCN(C(=O)Cc4ccc(F)cc4)CC3)nc12. The molecule has 140 valence electrons. The molecule has 0 bridgehead atoms. The zero-order chi connectivity index (χ0) is 18.8. The second-order valence-electron chi connectivity index (χ2n) is 6.47. The molecule has 2 heterocycles. The van der Waals surface area contributed by atoms with Gasteiger partial charge in [-0.15, -0.1) is 11.8 Å². The number of nitrogens with zero attached hydrogens (tertiary/aromatic N) is 3. The van der Waals surface area contributed by atoms with E-state index in [1.165, 1.54) is 21.7 Å². The third-order valence-electron chi connectivity index (χ3n) is 4.76. The number of hydrogen-bond donors (Lipinski definition) is 0. The fourth-order valence-electron chi connectivity index (χ4n) is 3.25. The summed E-state index contributed by atoms with van der Waals surface area (Å²) < 4.78 is 14.2. The van der Waals surface area contributed by atoms with Crippen LogP contribution in [0.4, 0.5) is 9.52 Å². The van der Waals surface area contributed by atoms with Crippen LogP contribution in [0.5, 0.6) is 0 Å². The number of hydrogen-bond acceptors (Lipinski definition) is 5. The summed E-state index contributed by atoms with van der Waals surface area (Å²) in [5.41, 5.74) is 1.92. The van der Waals surface area contributed by atoms with Crippen LogP contribution in [0.15, 0.2) is 47.4 Å². The van der Waals surface area contributed by atoms with Crippen LogP contribution in [-0.4, -0.2) is 48.2 Å². The highest BCUT2D eigenvalue weighted by atomic mass is 32.2. The van der Waals surface area contributed by atoms with Crippen molar-refractivity contribution in [3.8, 4) is 0 Å². The number of amides is 1. The molecule has 0 N–H and O–H groups in total. The zero-order valence-corrected chi connectivity index (χ0v) is 16.7. The highest BCUT2D eigenvalue weighted by Gasteiger charge is 2.23. The lowest BCUT2D eigenvalue weighted by atomic mass is 10.1. The number of fused-ring (bicyclic) bond motifs is 1. The molecular formula is C20H20FN3OS2. The molecule has 0 radical (unpaired) electrons. The number of para-hydroxylation sites is 1. The largest absolute Gasteiger partial charge is 0.345 e. The van der Waals surface area contributed by atoms with E-state index in [0.717, 1.165) is 29.3 Å². The average Bonchev–Trinajstić information content (AvgIpc) is 3.14. The molecule has 1 aliphatic heterocycles. The Morgan fingerprint density at radius 1 is 1.15 bits per heavy atom. The molecule has 1 amide bonds. The van der Waals surface area contributed by atoms with Gasteiger partial charge in [0, 0.05) is 31.1 Å². The number of rotatable bonds is 4. The lowest BCUT2D eigenvalue weighted by Gasteiger charge is -2.34. The molecule has 3 aromatic rings. The Balaban J connectivity index is 1.40. The molecule has 0 saturated carbocycles. The molecule has 1 saturated heterocycles. The molecule has 1 aliphatic rings. The van der Waals surface area contributed by atoms with Crippen molar-refractivity contribution in [1.82, 2.24) is 9.88 Å². The van der Waals surface area contributed by atoms with Crippen molar-refractivity contribution in [2.45, 2.75) is 11.3 Å². The van der Waals surface area contributed by atoms with E-state index < -0.39 is 0 Å². The second-order valence-corrected chi connectivity index (χ2v) is 8.33. The number of halogens is 1. The van der Waals surface area contributed by atoms with E-state index in [1.807, 2.05) is 4.90 Å². The van der Waals surface area contributed by atoms with Gasteiger partial charge in [-0.05, 0) is 36.1 Å². The number of benzene rings is 2. The minimum Gasteiger partial charge on any atom is -0.345 e. The van der Waals surface area contributed by atoms with Crippen molar-refractivity contribution < 1.29 is 9.18 Å². The van der Waals surface area contributed by atoms with Crippen molar-refractivity contribution >= 4 is 44.4 Å². The first kappa shape index (κ1) is 18.3. The summed E-state index contributed by atoms with van der Waals surface area (Å²) in [5, 5.41) is 1.03. The maximum absolute atomic E-state index is 13.0. The highest BCUT2D eigenvalue weighted by Crippen LogP contribution is 2.34. The maximum Gasteiger partial charge on any atom is 0.227 e. The van der Waals surface area contributed by atoms with Crippen LogP contribution in [0, 0.1) is 5.82 Å². The number of aromatic nitrogens is 1. The number of thiazole rings is 1. The molecule has 0 atom stereocenters. The first-order valence-electron chi connectivity index (χ1n) is 8.85. The van der Waals surface area contributed by atoms with Gasteiger partial charge < -0.3 is 9.80 Å². The van der Waals surface area contributed by atoms with Crippen LogP contribution in [0.2, 0.25) is 0 Å². The van der Waals surface area contributed by atoms with Crippen molar-refractivity contribution in [3.05, 3.63) is 53.8 Å². The summed E-state index contributed by atoms with van der Waals surface area (Å²) in [6.45, 7) is 2.93. The van der Waals surface area contributed by atoms with Crippen molar-refractivity contribution in [3.63, 3.8) is 0 Å². The normalized spacial score (nSPS) is 14.7. The number of thioether (sulfide) groups is 1. The molecule has 0 unspecified atom stereocenters. The fourth-order valence-corrected chi connectivity index (χ4v) is 4.92. The molecule has 4 rings (SSSR count). The van der Waals surface area contributed by atoms with Crippen molar-refractivity contribution in [2.75, 3.05) is 37.3 Å². The molecule has 1 aromatic heterocycles. The minimum atomic E-state index is -0.278. The molecule has 1 fully saturated rings. The van der Waals surface area contributed by atoms with Crippen LogP contribution in [-0.2, 0) is 11.2 Å². The minimum absolute atomic E-state index is 0.0928. The molecule has 7 heteroatoms. The molecule has 0 spiro atoms. The van der Waals surface area contributed by atoms with E-state index in [2.05, 4.69) is 29.4 Å². The number of carbonyl (C=O) groups excluding carboxylic acids is 1. The fraction of sp³-hybridized carbons (Fsp3) is 0.300. The van der Waals surface area contributed by atoms with Crippen LogP contribution >= 0.6 is 23.1 Å². The third kappa shape index (κ3) is 3.94. The van der Waals surface area contributed by atoms with Gasteiger partial charge in [-0.2, -0.15) is 0 Å². The monoisotopic (exact) mass is 401 g/mol. The van der Waals surface area contributed by atoms with E-state index in [1.54, 1.807) is 35.2 Å². The molecule has 0 aliphatic carbocycles. The quantitative estimate of drug-likeness (QED) is 0.618. The van der Waals surface area contributed by atoms with Gasteiger partial charge >= 0.3 is 0 Å². The van der Waals surface area contributed by atoms with Crippen LogP contribution in [0.1, 0.15) is 5.56 Å². The van der Waals surface area contributed by atoms with Crippen molar-refractivity contribution in [1.29, 1.82) is 0 Å². The van der Waals surface area contributed by atoms with E-state index in [-0.39, 0.29) is 11.7 Å². The predicted molar refractivity (Wildman–Crippen MR) is 110 cm³/mol. The molecule has 27 heavy (non-hydrogen) atoms. The van der Waals surface area contributed by atoms with Gasteiger partial charge in [0.1, 0.15) is 5.82 Å². The van der Waals surface area contributed by atoms with Crippen molar-refractivity contribution in [2.24, 2.45) is 0 Å². The summed E-state index contributed by atoms with van der Waals surface area (Å²) in [6, 6.07) is 12.4. The Labute approximate surface area is 166 Å². The van der Waals surface area contributed by atoms with Gasteiger partial charge in [-0.3, -0.25) is 4.79 Å². The van der Waals surface area contributed by atoms with Crippen LogP contribution in [0.25, 0.3) is 10.2 Å². The number of anilines is 1.